The number of nitrogens with zero attached hydrogens (tertiary/aromatic N) is 1. The second-order valence-electron chi connectivity index (χ2n) is 4.24. The molecule has 0 saturated carbocycles. The van der Waals surface area contributed by atoms with Gasteiger partial charge in [0.1, 0.15) is 11.6 Å². The van der Waals surface area contributed by atoms with Crippen molar-refractivity contribution in [1.29, 1.82) is 0 Å². The summed E-state index contributed by atoms with van der Waals surface area (Å²) in [6, 6.07) is 6.17. The summed E-state index contributed by atoms with van der Waals surface area (Å²) in [6.07, 6.45) is 0.779. The van der Waals surface area contributed by atoms with E-state index in [0.29, 0.717) is 6.42 Å². The lowest BCUT2D eigenvalue weighted by molar-refractivity contribution is -0.140. The number of aromatic amines is 1. The maximum absolute atomic E-state index is 12.9. The first kappa shape index (κ1) is 13.3. The molecule has 0 bridgehead atoms. The van der Waals surface area contributed by atoms with Crippen LogP contribution in [0.2, 0.25) is 0 Å². The van der Waals surface area contributed by atoms with Gasteiger partial charge in [0, 0.05) is 17.7 Å². The molecular weight excluding hydrogens is 247 g/mol. The topological polar surface area (TPSA) is 55.0 Å². The van der Waals surface area contributed by atoms with Crippen molar-refractivity contribution >= 4 is 5.97 Å². The minimum absolute atomic E-state index is 0.266. The number of esters is 1. The van der Waals surface area contributed by atoms with Gasteiger partial charge in [-0.25, -0.2) is 9.37 Å². The summed E-state index contributed by atoms with van der Waals surface area (Å²) in [6.45, 7) is 1.90. The number of ether oxygens (including phenoxy) is 1. The summed E-state index contributed by atoms with van der Waals surface area (Å²) in [7, 11) is 1.36. The predicted molar refractivity (Wildman–Crippen MR) is 69.1 cm³/mol. The molecule has 1 aromatic carbocycles. The Bertz CT molecular complexity index is 576. The third-order valence-corrected chi connectivity index (χ3v) is 2.85. The average Bonchev–Trinajstić information content (AvgIpc) is 2.78. The number of rotatable bonds is 4. The van der Waals surface area contributed by atoms with Crippen molar-refractivity contribution in [2.24, 2.45) is 0 Å². The smallest absolute Gasteiger partial charge is 0.305 e. The number of methoxy groups -OCH3 is 1. The van der Waals surface area contributed by atoms with Crippen LogP contribution in [0.3, 0.4) is 0 Å². The minimum atomic E-state index is -0.275. The zero-order valence-corrected chi connectivity index (χ0v) is 10.9. The van der Waals surface area contributed by atoms with Crippen LogP contribution in [-0.4, -0.2) is 23.0 Å². The molecule has 4 nitrogen and oxygen atoms in total. The second-order valence-corrected chi connectivity index (χ2v) is 4.24. The fourth-order valence-electron chi connectivity index (χ4n) is 1.85. The number of hydrogen-bond donors (Lipinski definition) is 1. The van der Waals surface area contributed by atoms with Crippen molar-refractivity contribution in [3.63, 3.8) is 0 Å². The summed E-state index contributed by atoms with van der Waals surface area (Å²) >= 11 is 0. The van der Waals surface area contributed by atoms with Crippen molar-refractivity contribution in [2.45, 2.75) is 19.8 Å². The van der Waals surface area contributed by atoms with Crippen molar-refractivity contribution in [1.82, 2.24) is 9.97 Å². The van der Waals surface area contributed by atoms with E-state index in [1.54, 1.807) is 12.1 Å². The van der Waals surface area contributed by atoms with Crippen LogP contribution in [-0.2, 0) is 16.0 Å². The van der Waals surface area contributed by atoms with Gasteiger partial charge in [0.15, 0.2) is 0 Å². The van der Waals surface area contributed by atoms with E-state index in [4.69, 9.17) is 0 Å². The molecule has 0 amide bonds. The highest BCUT2D eigenvalue weighted by atomic mass is 19.1. The highest BCUT2D eigenvalue weighted by Crippen LogP contribution is 2.21. The Balaban J connectivity index is 2.16. The van der Waals surface area contributed by atoms with E-state index in [2.05, 4.69) is 14.7 Å². The maximum Gasteiger partial charge on any atom is 0.305 e. The lowest BCUT2D eigenvalue weighted by atomic mass is 10.1. The number of carbonyl (C=O) groups is 1. The highest BCUT2D eigenvalue weighted by Gasteiger charge is 2.10. The van der Waals surface area contributed by atoms with Crippen LogP contribution in [0.5, 0.6) is 0 Å². The second kappa shape index (κ2) is 5.65. The van der Waals surface area contributed by atoms with Crippen LogP contribution in [0.4, 0.5) is 4.39 Å². The number of aryl methyl sites for hydroxylation is 2. The molecule has 1 N–H and O–H groups in total. The van der Waals surface area contributed by atoms with E-state index in [1.807, 2.05) is 6.92 Å². The van der Waals surface area contributed by atoms with Gasteiger partial charge >= 0.3 is 5.97 Å². The summed E-state index contributed by atoms with van der Waals surface area (Å²) in [5.74, 6) is 0.183. The van der Waals surface area contributed by atoms with Crippen LogP contribution in [0.25, 0.3) is 11.3 Å². The number of benzene rings is 1. The molecule has 2 rings (SSSR count). The largest absolute Gasteiger partial charge is 0.469 e. The van der Waals surface area contributed by atoms with Gasteiger partial charge in [-0.2, -0.15) is 0 Å². The number of carbonyl (C=O) groups excluding carboxylic acids is 1. The summed E-state index contributed by atoms with van der Waals surface area (Å²) in [5, 5.41) is 0. The molecule has 0 atom stereocenters. The van der Waals surface area contributed by atoms with Gasteiger partial charge < -0.3 is 9.72 Å². The zero-order chi connectivity index (χ0) is 13.8. The molecule has 1 heterocycles. The van der Waals surface area contributed by atoms with Gasteiger partial charge in [-0.1, -0.05) is 0 Å². The molecule has 0 saturated heterocycles. The van der Waals surface area contributed by atoms with E-state index in [1.165, 1.54) is 19.2 Å². The van der Waals surface area contributed by atoms with Gasteiger partial charge in [0.05, 0.1) is 19.2 Å². The van der Waals surface area contributed by atoms with Gasteiger partial charge in [0.2, 0.25) is 0 Å². The summed E-state index contributed by atoms with van der Waals surface area (Å²) in [5.41, 5.74) is 2.52. The molecule has 0 aliphatic rings. The molecule has 0 radical (unpaired) electrons. The van der Waals surface area contributed by atoms with Crippen molar-refractivity contribution in [3.05, 3.63) is 41.6 Å². The van der Waals surface area contributed by atoms with Gasteiger partial charge in [-0.3, -0.25) is 4.79 Å². The zero-order valence-electron chi connectivity index (χ0n) is 10.9. The number of aromatic nitrogens is 2. The van der Waals surface area contributed by atoms with Gasteiger partial charge in [-0.15, -0.1) is 0 Å². The normalized spacial score (nSPS) is 10.5. The predicted octanol–water partition coefficient (Wildman–Crippen LogP) is 2.63. The Labute approximate surface area is 110 Å². The van der Waals surface area contributed by atoms with Crippen molar-refractivity contribution in [3.8, 4) is 11.3 Å². The fourth-order valence-corrected chi connectivity index (χ4v) is 1.85. The molecule has 100 valence electrons. The Morgan fingerprint density at radius 3 is 2.68 bits per heavy atom. The fraction of sp³-hybridized carbons (Fsp3) is 0.286. The highest BCUT2D eigenvalue weighted by molar-refractivity contribution is 5.69. The standard InChI is InChI=1S/C14H15FN2O2/c1-9-14(10-3-5-11(15)6-4-10)17-12(16-9)7-8-13(18)19-2/h3-6H,7-8H2,1-2H3,(H,16,17). The molecule has 0 aliphatic heterocycles. The molecule has 0 aliphatic carbocycles. The molecule has 19 heavy (non-hydrogen) atoms. The third kappa shape index (κ3) is 3.19. The molecular formula is C14H15FN2O2. The number of imidazole rings is 1. The molecule has 5 heteroatoms. The van der Waals surface area contributed by atoms with Crippen molar-refractivity contribution < 1.29 is 13.9 Å². The van der Waals surface area contributed by atoms with E-state index in [-0.39, 0.29) is 18.2 Å². The SMILES string of the molecule is COC(=O)CCc1nc(-c2ccc(F)cc2)c(C)[nH]1. The van der Waals surface area contributed by atoms with Crippen LogP contribution >= 0.6 is 0 Å². The van der Waals surface area contributed by atoms with Gasteiger partial charge in [0.25, 0.3) is 0 Å². The lowest BCUT2D eigenvalue weighted by Crippen LogP contribution is -2.02. The minimum Gasteiger partial charge on any atom is -0.469 e. The number of H-pyrrole nitrogens is 1. The van der Waals surface area contributed by atoms with Gasteiger partial charge in [-0.05, 0) is 31.2 Å². The van der Waals surface area contributed by atoms with Crippen LogP contribution in [0.15, 0.2) is 24.3 Å². The quantitative estimate of drug-likeness (QED) is 0.862. The van der Waals surface area contributed by atoms with Crippen LogP contribution in [0.1, 0.15) is 17.9 Å². The third-order valence-electron chi connectivity index (χ3n) is 2.85. The molecule has 0 fully saturated rings. The summed E-state index contributed by atoms with van der Waals surface area (Å²) < 4.78 is 17.5. The Morgan fingerprint density at radius 1 is 1.37 bits per heavy atom. The Hall–Kier alpha value is -2.17. The van der Waals surface area contributed by atoms with E-state index < -0.39 is 0 Å². The van der Waals surface area contributed by atoms with Crippen LogP contribution < -0.4 is 0 Å². The first-order valence-corrected chi connectivity index (χ1v) is 5.98. The lowest BCUT2D eigenvalue weighted by Gasteiger charge is -1.98. The van der Waals surface area contributed by atoms with Crippen LogP contribution in [0, 0.1) is 12.7 Å². The van der Waals surface area contributed by atoms with Crippen molar-refractivity contribution in [2.75, 3.05) is 7.11 Å². The molecule has 1 aromatic heterocycles. The Kier molecular flexibility index (Phi) is 3.94. The number of nitrogens with one attached hydrogen (secondary N) is 1. The maximum atomic E-state index is 12.9. The number of halogens is 1. The van der Waals surface area contributed by atoms with E-state index in [0.717, 1.165) is 22.8 Å². The summed E-state index contributed by atoms with van der Waals surface area (Å²) in [4.78, 5) is 18.6. The van der Waals surface area contributed by atoms with E-state index in [9.17, 15) is 9.18 Å². The molecule has 2 aromatic rings. The van der Waals surface area contributed by atoms with E-state index >= 15 is 0 Å². The monoisotopic (exact) mass is 262 g/mol. The average molecular weight is 262 g/mol. The molecule has 0 spiro atoms. The first-order valence-electron chi connectivity index (χ1n) is 5.98. The molecule has 0 unspecified atom stereocenters. The number of hydrogen-bond acceptors (Lipinski definition) is 3. The first-order chi connectivity index (χ1) is 9.10. The Morgan fingerprint density at radius 2 is 2.05 bits per heavy atom.